The van der Waals surface area contributed by atoms with Crippen LogP contribution in [0.3, 0.4) is 0 Å². The van der Waals surface area contributed by atoms with E-state index >= 15 is 0 Å². The molecule has 3 aromatic carbocycles. The maximum atomic E-state index is 12.6. The standard InChI is InChI=1S/C16H15N3O10S.C12H9N3O5S.C10H7N3O4S/c20-6-27-14-11(22)10(21)12(23)15(29-14)28-8-4-2-1-3-7(8)13(24)18-16-17-5-9(30-16)19(25)26;1-7(16)20-9-5-3-2-4-8(9)11(17)14-12-13-6-10(21-12)15(18)19;14-7-4-2-1-3-6(7)9(15)12-10-11-5-8(18-10)13(16)17/h1-6,10-12,14-15,21-23H,(H,17,18,24);2-6H,1H3,(H,13,14,17);1-5,14H,(H,11,12,15). The van der Waals surface area contributed by atoms with E-state index in [1.54, 1.807) is 24.3 Å². The second-order valence-electron chi connectivity index (χ2n) is 12.9. The van der Waals surface area contributed by atoms with Gasteiger partial charge >= 0.3 is 21.0 Å². The molecule has 1 saturated heterocycles. The third-order valence-electron chi connectivity index (χ3n) is 8.31. The summed E-state index contributed by atoms with van der Waals surface area (Å²) < 4.78 is 20.1. The fourth-order valence-electron chi connectivity index (χ4n) is 5.24. The molecule has 7 N–H and O–H groups in total. The monoisotopic (exact) mass is 1010 g/mol. The lowest BCUT2D eigenvalue weighted by Crippen LogP contribution is -2.59. The van der Waals surface area contributed by atoms with Crippen molar-refractivity contribution in [3.8, 4) is 17.2 Å². The van der Waals surface area contributed by atoms with Crippen molar-refractivity contribution in [3.05, 3.63) is 138 Å². The number of para-hydroxylation sites is 3. The van der Waals surface area contributed by atoms with Crippen molar-refractivity contribution in [3.63, 3.8) is 0 Å². The number of thiazole rings is 3. The van der Waals surface area contributed by atoms with E-state index in [9.17, 15) is 74.7 Å². The molecule has 1 fully saturated rings. The smallest absolute Gasteiger partial charge is 0.345 e. The van der Waals surface area contributed by atoms with Gasteiger partial charge in [0.25, 0.3) is 24.2 Å². The number of carbonyl (C=O) groups excluding carboxylic acids is 5. The molecule has 1 aliphatic heterocycles. The molecule has 0 bridgehead atoms. The number of hydrogen-bond acceptors (Lipinski definition) is 25. The number of nitro groups is 3. The first kappa shape index (κ1) is 51.5. The number of amides is 3. The van der Waals surface area contributed by atoms with E-state index in [2.05, 4.69) is 35.6 Å². The summed E-state index contributed by atoms with van der Waals surface area (Å²) >= 11 is 2.13. The predicted molar refractivity (Wildman–Crippen MR) is 237 cm³/mol. The Hall–Kier alpha value is -8.46. The number of aliphatic hydroxyl groups excluding tert-OH is 3. The molecular formula is C38H31N9O19S3. The van der Waals surface area contributed by atoms with Crippen LogP contribution in [0.4, 0.5) is 30.4 Å². The zero-order valence-electron chi connectivity index (χ0n) is 34.4. The van der Waals surface area contributed by atoms with Crippen LogP contribution in [0, 0.1) is 30.3 Å². The van der Waals surface area contributed by atoms with Gasteiger partial charge in [-0.25, -0.2) is 15.0 Å². The highest BCUT2D eigenvalue weighted by molar-refractivity contribution is 7.19. The van der Waals surface area contributed by atoms with Gasteiger partial charge in [0.1, 0.15) is 54.2 Å². The van der Waals surface area contributed by atoms with Crippen molar-refractivity contribution < 1.29 is 78.1 Å². The quantitative estimate of drug-likeness (QED) is 0.0268. The molecule has 3 amide bonds. The van der Waals surface area contributed by atoms with Gasteiger partial charge < -0.3 is 34.6 Å². The topological polar surface area (TPSA) is 407 Å². The number of hydrogen-bond donors (Lipinski definition) is 7. The van der Waals surface area contributed by atoms with Crippen LogP contribution in [0.1, 0.15) is 38.0 Å². The highest BCUT2D eigenvalue weighted by atomic mass is 32.1. The Kier molecular flexibility index (Phi) is 17.8. The van der Waals surface area contributed by atoms with E-state index in [-0.39, 0.29) is 70.8 Å². The van der Waals surface area contributed by atoms with Crippen molar-refractivity contribution in [1.29, 1.82) is 0 Å². The van der Waals surface area contributed by atoms with E-state index in [0.29, 0.717) is 11.3 Å². The van der Waals surface area contributed by atoms with Crippen molar-refractivity contribution in [2.24, 2.45) is 0 Å². The normalized spacial score (nSPS) is 16.9. The van der Waals surface area contributed by atoms with Crippen molar-refractivity contribution in [2.45, 2.75) is 37.8 Å². The average Bonchev–Trinajstić information content (AvgIpc) is 4.11. The Morgan fingerprint density at radius 1 is 0.623 bits per heavy atom. The Balaban J connectivity index is 0.000000201. The zero-order valence-corrected chi connectivity index (χ0v) is 36.9. The SMILES string of the molecule is CC(=O)Oc1ccccc1C(=O)Nc1ncc([N+](=O)[O-])s1.O=C(Nc1ncc([N+](=O)[O-])s1)c1ccccc1O.O=COC1OC(Oc2ccccc2C(=O)Nc2ncc([N+](=O)[O-])s2)C(O)C(O)C1O. The lowest BCUT2D eigenvalue weighted by Gasteiger charge is -2.38. The van der Waals surface area contributed by atoms with Crippen LogP contribution >= 0.6 is 34.0 Å². The van der Waals surface area contributed by atoms with Gasteiger partial charge in [0.15, 0.2) is 15.4 Å². The Bertz CT molecular complexity index is 2860. The molecule has 0 spiro atoms. The lowest BCUT2D eigenvalue weighted by molar-refractivity contribution is -0.380. The number of benzene rings is 3. The number of aliphatic hydroxyl groups is 3. The van der Waals surface area contributed by atoms with Crippen LogP contribution in [-0.2, 0) is 19.1 Å². The van der Waals surface area contributed by atoms with Gasteiger partial charge in [0, 0.05) is 6.92 Å². The van der Waals surface area contributed by atoms with E-state index in [4.69, 9.17) is 14.2 Å². The Morgan fingerprint density at radius 2 is 1.01 bits per heavy atom. The maximum absolute atomic E-state index is 12.6. The molecule has 28 nitrogen and oxygen atoms in total. The molecular weight excluding hydrogens is 983 g/mol. The van der Waals surface area contributed by atoms with Gasteiger partial charge in [-0.15, -0.1) is 0 Å². The third-order valence-corrected chi connectivity index (χ3v) is 10.9. The van der Waals surface area contributed by atoms with Crippen LogP contribution in [0.5, 0.6) is 17.2 Å². The van der Waals surface area contributed by atoms with Gasteiger partial charge in [-0.05, 0) is 70.4 Å². The number of aromatic nitrogens is 3. The highest BCUT2D eigenvalue weighted by Gasteiger charge is 2.46. The fourth-order valence-corrected chi connectivity index (χ4v) is 7.13. The number of rotatable bonds is 14. The Morgan fingerprint density at radius 3 is 1.43 bits per heavy atom. The third kappa shape index (κ3) is 14.0. The molecule has 0 radical (unpaired) electrons. The van der Waals surface area contributed by atoms with Gasteiger partial charge in [-0.2, -0.15) is 0 Å². The van der Waals surface area contributed by atoms with Gasteiger partial charge in [-0.1, -0.05) is 36.4 Å². The van der Waals surface area contributed by atoms with Gasteiger partial charge in [0.2, 0.25) is 12.6 Å². The first-order chi connectivity index (χ1) is 32.9. The van der Waals surface area contributed by atoms with E-state index in [0.717, 1.165) is 41.3 Å². The number of ether oxygens (including phenoxy) is 4. The number of aromatic hydroxyl groups is 1. The molecule has 31 heteroatoms. The number of esters is 1. The highest BCUT2D eigenvalue weighted by Crippen LogP contribution is 2.31. The lowest BCUT2D eigenvalue weighted by atomic mass is 10.0. The van der Waals surface area contributed by atoms with Crippen molar-refractivity contribution >= 4 is 94.6 Å². The van der Waals surface area contributed by atoms with Crippen LogP contribution in [0.15, 0.2) is 91.4 Å². The van der Waals surface area contributed by atoms with Crippen LogP contribution in [0.25, 0.3) is 0 Å². The molecule has 3 aromatic heterocycles. The summed E-state index contributed by atoms with van der Waals surface area (Å²) in [7, 11) is 0. The molecule has 360 valence electrons. The minimum Gasteiger partial charge on any atom is -0.507 e. The minimum absolute atomic E-state index is 0.00995. The summed E-state index contributed by atoms with van der Waals surface area (Å²) in [6.45, 7) is 1.21. The van der Waals surface area contributed by atoms with E-state index in [1.165, 1.54) is 55.5 Å². The van der Waals surface area contributed by atoms with E-state index in [1.807, 2.05) is 0 Å². The summed E-state index contributed by atoms with van der Waals surface area (Å²) in [4.78, 5) is 99.0. The number of carbonyl (C=O) groups is 5. The molecule has 4 heterocycles. The molecule has 0 saturated carbocycles. The second-order valence-corrected chi connectivity index (χ2v) is 16.0. The fraction of sp³-hybridized carbons (Fsp3) is 0.158. The molecule has 6 aromatic rings. The maximum Gasteiger partial charge on any atom is 0.345 e. The van der Waals surface area contributed by atoms with E-state index < -0.39 is 69.4 Å². The van der Waals surface area contributed by atoms with Crippen molar-refractivity contribution in [2.75, 3.05) is 16.0 Å². The zero-order chi connectivity index (χ0) is 50.4. The molecule has 7 rings (SSSR count). The predicted octanol–water partition coefficient (Wildman–Crippen LogP) is 3.86. The molecule has 5 atom stereocenters. The first-order valence-electron chi connectivity index (χ1n) is 18.7. The second kappa shape index (κ2) is 23.8. The number of anilines is 3. The summed E-state index contributed by atoms with van der Waals surface area (Å²) in [6, 6.07) is 17.9. The number of nitrogens with zero attached hydrogens (tertiary/aromatic N) is 6. The molecule has 5 unspecified atom stereocenters. The number of nitrogens with one attached hydrogen (secondary N) is 3. The molecule has 1 aliphatic rings. The van der Waals surface area contributed by atoms with Crippen LogP contribution in [-0.4, -0.2) is 111 Å². The van der Waals surface area contributed by atoms with Crippen LogP contribution in [0.2, 0.25) is 0 Å². The summed E-state index contributed by atoms with van der Waals surface area (Å²) in [5.41, 5.74) is 0.167. The van der Waals surface area contributed by atoms with Gasteiger partial charge in [-0.3, -0.25) is 75.0 Å². The largest absolute Gasteiger partial charge is 0.507 e. The first-order valence-corrected chi connectivity index (χ1v) is 21.2. The average molecular weight is 1010 g/mol. The summed E-state index contributed by atoms with van der Waals surface area (Å²) in [5, 5.41) is 77.7. The summed E-state index contributed by atoms with van der Waals surface area (Å²) in [5.74, 6) is -2.57. The van der Waals surface area contributed by atoms with Crippen LogP contribution < -0.4 is 25.4 Å². The Labute approximate surface area is 395 Å². The number of phenolic OH excluding ortho intramolecular Hbond substituents is 1. The van der Waals surface area contributed by atoms with Gasteiger partial charge in [0.05, 0.1) is 31.5 Å². The van der Waals surface area contributed by atoms with Crippen molar-refractivity contribution in [1.82, 2.24) is 15.0 Å². The minimum atomic E-state index is -1.76. The molecule has 0 aliphatic carbocycles. The molecule has 69 heavy (non-hydrogen) atoms. The summed E-state index contributed by atoms with van der Waals surface area (Å²) in [6.07, 6.45) is -5.30. The number of phenols is 1.